The van der Waals surface area contributed by atoms with Crippen LogP contribution >= 0.6 is 0 Å². The average Bonchev–Trinajstić information content (AvgIpc) is 2.90. The van der Waals surface area contributed by atoms with Crippen LogP contribution in [0.4, 0.5) is 0 Å². The van der Waals surface area contributed by atoms with Gasteiger partial charge in [-0.2, -0.15) is 5.10 Å². The number of carbonyl (C=O) groups is 1. The summed E-state index contributed by atoms with van der Waals surface area (Å²) in [5, 5.41) is 7.64. The van der Waals surface area contributed by atoms with Crippen LogP contribution in [0.25, 0.3) is 5.69 Å². The van der Waals surface area contributed by atoms with Gasteiger partial charge in [-0.25, -0.2) is 4.68 Å². The Morgan fingerprint density at radius 2 is 1.81 bits per heavy atom. The number of aromatic nitrogens is 2. The van der Waals surface area contributed by atoms with Gasteiger partial charge in [0.15, 0.2) is 0 Å². The second-order valence-electron chi connectivity index (χ2n) is 5.43. The van der Waals surface area contributed by atoms with Gasteiger partial charge >= 0.3 is 0 Å². The molecule has 1 N–H and O–H groups in total. The summed E-state index contributed by atoms with van der Waals surface area (Å²) in [6.45, 7) is 7.23. The highest BCUT2D eigenvalue weighted by atomic mass is 16.2. The van der Waals surface area contributed by atoms with E-state index < -0.39 is 0 Å². The smallest absolute Gasteiger partial charge is 0.257 e. The Labute approximate surface area is 124 Å². The van der Waals surface area contributed by atoms with Gasteiger partial charge in [-0.05, 0) is 26.0 Å². The lowest BCUT2D eigenvalue weighted by Crippen LogP contribution is -2.46. The van der Waals surface area contributed by atoms with Crippen LogP contribution in [0.3, 0.4) is 0 Å². The van der Waals surface area contributed by atoms with E-state index in [1.54, 1.807) is 6.20 Å². The molecule has 0 spiro atoms. The molecule has 0 radical (unpaired) electrons. The summed E-state index contributed by atoms with van der Waals surface area (Å²) >= 11 is 0. The molecule has 0 aliphatic carbocycles. The van der Waals surface area contributed by atoms with Crippen LogP contribution < -0.4 is 5.32 Å². The van der Waals surface area contributed by atoms with Crippen molar-refractivity contribution in [3.63, 3.8) is 0 Å². The number of rotatable bonds is 2. The molecule has 2 aromatic rings. The van der Waals surface area contributed by atoms with Gasteiger partial charge in [-0.15, -0.1) is 0 Å². The van der Waals surface area contributed by atoms with E-state index in [4.69, 9.17) is 0 Å². The Balaban J connectivity index is 1.88. The van der Waals surface area contributed by atoms with Crippen LogP contribution in [0.1, 0.15) is 21.6 Å². The van der Waals surface area contributed by atoms with E-state index in [9.17, 15) is 4.79 Å². The normalized spacial score (nSPS) is 15.2. The van der Waals surface area contributed by atoms with Crippen molar-refractivity contribution in [3.05, 3.63) is 47.3 Å². The first-order valence-corrected chi connectivity index (χ1v) is 7.28. The molecule has 0 saturated carbocycles. The third-order valence-corrected chi connectivity index (χ3v) is 3.92. The molecule has 1 aromatic heterocycles. The van der Waals surface area contributed by atoms with E-state index in [1.165, 1.54) is 5.56 Å². The molecule has 5 nitrogen and oxygen atoms in total. The van der Waals surface area contributed by atoms with Gasteiger partial charge in [0.25, 0.3) is 5.91 Å². The van der Waals surface area contributed by atoms with E-state index in [-0.39, 0.29) is 5.91 Å². The van der Waals surface area contributed by atoms with Crippen molar-refractivity contribution in [2.24, 2.45) is 0 Å². The van der Waals surface area contributed by atoms with E-state index >= 15 is 0 Å². The van der Waals surface area contributed by atoms with Crippen molar-refractivity contribution in [2.75, 3.05) is 26.2 Å². The van der Waals surface area contributed by atoms with Gasteiger partial charge < -0.3 is 10.2 Å². The standard InChI is InChI=1S/C16H20N4O/c1-12-3-5-14(6-4-12)20-13(2)15(11-18-20)16(21)19-9-7-17-8-10-19/h3-6,11,17H,7-10H2,1-2H3. The van der Waals surface area contributed by atoms with Gasteiger partial charge in [0.05, 0.1) is 23.1 Å². The van der Waals surface area contributed by atoms with Crippen molar-refractivity contribution in [3.8, 4) is 5.69 Å². The minimum Gasteiger partial charge on any atom is -0.336 e. The number of piperazine rings is 1. The summed E-state index contributed by atoms with van der Waals surface area (Å²) in [6, 6.07) is 8.14. The molecule has 21 heavy (non-hydrogen) atoms. The van der Waals surface area contributed by atoms with Crippen molar-refractivity contribution in [2.45, 2.75) is 13.8 Å². The molecular formula is C16H20N4O. The molecule has 2 heterocycles. The molecule has 0 bridgehead atoms. The zero-order chi connectivity index (χ0) is 14.8. The number of aryl methyl sites for hydroxylation is 1. The second kappa shape index (κ2) is 5.69. The van der Waals surface area contributed by atoms with E-state index in [2.05, 4.69) is 17.3 Å². The van der Waals surface area contributed by atoms with Crippen LogP contribution in [0.2, 0.25) is 0 Å². The van der Waals surface area contributed by atoms with E-state index in [0.29, 0.717) is 5.56 Å². The summed E-state index contributed by atoms with van der Waals surface area (Å²) in [6.07, 6.45) is 1.68. The third kappa shape index (κ3) is 2.69. The fourth-order valence-corrected chi connectivity index (χ4v) is 2.60. The predicted octanol–water partition coefficient (Wildman–Crippen LogP) is 1.53. The number of hydrogen-bond donors (Lipinski definition) is 1. The molecule has 110 valence electrons. The molecule has 0 atom stereocenters. The first-order valence-electron chi connectivity index (χ1n) is 7.28. The number of nitrogens with zero attached hydrogens (tertiary/aromatic N) is 3. The number of nitrogens with one attached hydrogen (secondary N) is 1. The predicted molar refractivity (Wildman–Crippen MR) is 81.8 cm³/mol. The maximum atomic E-state index is 12.6. The van der Waals surface area contributed by atoms with Gasteiger partial charge in [0.1, 0.15) is 0 Å². The summed E-state index contributed by atoms with van der Waals surface area (Å²) in [5.41, 5.74) is 3.78. The maximum Gasteiger partial charge on any atom is 0.257 e. The molecule has 1 aliphatic rings. The highest BCUT2D eigenvalue weighted by Crippen LogP contribution is 2.16. The number of benzene rings is 1. The Morgan fingerprint density at radius 1 is 1.14 bits per heavy atom. The summed E-state index contributed by atoms with van der Waals surface area (Å²) in [5.74, 6) is 0.0763. The van der Waals surface area contributed by atoms with E-state index in [0.717, 1.165) is 37.6 Å². The molecule has 0 unspecified atom stereocenters. The maximum absolute atomic E-state index is 12.6. The molecule has 3 rings (SSSR count). The zero-order valence-corrected chi connectivity index (χ0v) is 12.5. The average molecular weight is 284 g/mol. The minimum absolute atomic E-state index is 0.0763. The van der Waals surface area contributed by atoms with Crippen LogP contribution in [0.15, 0.2) is 30.5 Å². The summed E-state index contributed by atoms with van der Waals surface area (Å²) in [7, 11) is 0. The van der Waals surface area contributed by atoms with Crippen LogP contribution in [0.5, 0.6) is 0 Å². The highest BCUT2D eigenvalue weighted by Gasteiger charge is 2.22. The fraction of sp³-hybridized carbons (Fsp3) is 0.375. The number of hydrogen-bond acceptors (Lipinski definition) is 3. The lowest BCUT2D eigenvalue weighted by atomic mass is 10.2. The zero-order valence-electron chi connectivity index (χ0n) is 12.5. The Hall–Kier alpha value is -2.14. The molecule has 1 aliphatic heterocycles. The quantitative estimate of drug-likeness (QED) is 0.910. The van der Waals surface area contributed by atoms with Gasteiger partial charge in [0.2, 0.25) is 0 Å². The molecule has 1 aromatic carbocycles. The lowest BCUT2D eigenvalue weighted by Gasteiger charge is -2.27. The molecule has 1 fully saturated rings. The largest absolute Gasteiger partial charge is 0.336 e. The summed E-state index contributed by atoms with van der Waals surface area (Å²) in [4.78, 5) is 14.5. The highest BCUT2D eigenvalue weighted by molar-refractivity contribution is 5.95. The van der Waals surface area contributed by atoms with Crippen LogP contribution in [0, 0.1) is 13.8 Å². The summed E-state index contributed by atoms with van der Waals surface area (Å²) < 4.78 is 1.83. The monoisotopic (exact) mass is 284 g/mol. The van der Waals surface area contributed by atoms with Gasteiger partial charge in [-0.1, -0.05) is 17.7 Å². The SMILES string of the molecule is Cc1ccc(-n2ncc(C(=O)N3CCNCC3)c2C)cc1. The molecule has 1 saturated heterocycles. The van der Waals surface area contributed by atoms with Gasteiger partial charge in [0, 0.05) is 26.2 Å². The Bertz CT molecular complexity index is 639. The number of carbonyl (C=O) groups excluding carboxylic acids is 1. The molecule has 5 heteroatoms. The second-order valence-corrected chi connectivity index (χ2v) is 5.43. The number of amides is 1. The minimum atomic E-state index is 0.0763. The van der Waals surface area contributed by atoms with Crippen molar-refractivity contribution >= 4 is 5.91 Å². The first kappa shape index (κ1) is 13.8. The van der Waals surface area contributed by atoms with Crippen LogP contribution in [-0.2, 0) is 0 Å². The lowest BCUT2D eigenvalue weighted by molar-refractivity contribution is 0.0735. The van der Waals surface area contributed by atoms with Crippen molar-refractivity contribution in [1.82, 2.24) is 20.0 Å². The van der Waals surface area contributed by atoms with E-state index in [1.807, 2.05) is 40.8 Å². The molecule has 1 amide bonds. The first-order chi connectivity index (χ1) is 10.2. The van der Waals surface area contributed by atoms with Crippen molar-refractivity contribution < 1.29 is 4.79 Å². The Kier molecular flexibility index (Phi) is 3.75. The third-order valence-electron chi connectivity index (χ3n) is 3.92. The van der Waals surface area contributed by atoms with Gasteiger partial charge in [-0.3, -0.25) is 4.79 Å². The van der Waals surface area contributed by atoms with Crippen LogP contribution in [-0.4, -0.2) is 46.8 Å². The molecular weight excluding hydrogens is 264 g/mol. The fourth-order valence-electron chi connectivity index (χ4n) is 2.60. The Morgan fingerprint density at radius 3 is 2.48 bits per heavy atom. The topological polar surface area (TPSA) is 50.2 Å². The van der Waals surface area contributed by atoms with Crippen molar-refractivity contribution in [1.29, 1.82) is 0 Å².